The molecule has 2 N–H and O–H groups in total. The number of carbonyl (C=O) groups is 3. The van der Waals surface area contributed by atoms with E-state index in [4.69, 9.17) is 6.42 Å². The highest BCUT2D eigenvalue weighted by Gasteiger charge is 2.52. The van der Waals surface area contributed by atoms with Crippen LogP contribution in [0.3, 0.4) is 0 Å². The zero-order valence-electron chi connectivity index (χ0n) is 16.8. The maximum absolute atomic E-state index is 12.9. The highest BCUT2D eigenvalue weighted by molar-refractivity contribution is 6.23. The van der Waals surface area contributed by atoms with Crippen LogP contribution in [0.25, 0.3) is 0 Å². The molecule has 156 valence electrons. The number of nitrogens with zero attached hydrogens (tertiary/aromatic N) is 3. The van der Waals surface area contributed by atoms with Gasteiger partial charge in [0.1, 0.15) is 5.54 Å². The molecule has 0 radical (unpaired) electrons. The fourth-order valence-corrected chi connectivity index (χ4v) is 4.25. The number of imide groups is 1. The van der Waals surface area contributed by atoms with Crippen molar-refractivity contribution >= 4 is 23.5 Å². The van der Waals surface area contributed by atoms with E-state index in [0.717, 1.165) is 18.4 Å². The first kappa shape index (κ1) is 20.1. The molecular weight excluding hydrogens is 382 g/mol. The number of amides is 4. The van der Waals surface area contributed by atoms with E-state index in [9.17, 15) is 14.4 Å². The number of carbonyl (C=O) groups excluding carboxylic acids is 3. The van der Waals surface area contributed by atoms with Gasteiger partial charge in [0.2, 0.25) is 5.91 Å². The number of hydrogen-bond donors (Lipinski definition) is 2. The van der Waals surface area contributed by atoms with Crippen molar-refractivity contribution in [2.24, 2.45) is 10.2 Å². The largest absolute Gasteiger partial charge is 0.352 e. The Kier molecular flexibility index (Phi) is 5.29. The molecular formula is C22H25N5O3. The minimum atomic E-state index is -0.740. The number of terminal acetylenes is 1. The highest BCUT2D eigenvalue weighted by atomic mass is 16.2. The number of hydrogen-bond acceptors (Lipinski definition) is 5. The van der Waals surface area contributed by atoms with Gasteiger partial charge < -0.3 is 10.6 Å². The molecule has 2 fully saturated rings. The Bertz CT molecular complexity index is 936. The van der Waals surface area contributed by atoms with Gasteiger partial charge in [-0.25, -0.2) is 9.69 Å². The molecule has 8 nitrogen and oxygen atoms in total. The molecule has 3 aliphatic rings. The third-order valence-corrected chi connectivity index (χ3v) is 6.08. The molecule has 1 aromatic rings. The molecule has 2 aliphatic heterocycles. The van der Waals surface area contributed by atoms with E-state index in [-0.39, 0.29) is 17.8 Å². The lowest BCUT2D eigenvalue weighted by Crippen LogP contribution is -2.44. The fourth-order valence-electron chi connectivity index (χ4n) is 4.25. The lowest BCUT2D eigenvalue weighted by Gasteiger charge is -2.20. The minimum absolute atomic E-state index is 0.0994. The average molecular weight is 407 g/mol. The minimum Gasteiger partial charge on any atom is -0.352 e. The summed E-state index contributed by atoms with van der Waals surface area (Å²) in [5, 5.41) is 13.8. The van der Waals surface area contributed by atoms with Crippen LogP contribution < -0.4 is 15.5 Å². The first-order valence-electron chi connectivity index (χ1n) is 10.4. The molecule has 8 heteroatoms. The molecule has 1 saturated carbocycles. The summed E-state index contributed by atoms with van der Waals surface area (Å²) in [6, 6.07) is 6.77. The van der Waals surface area contributed by atoms with Crippen LogP contribution in [-0.2, 0) is 16.1 Å². The third kappa shape index (κ3) is 3.92. The predicted octanol–water partition coefficient (Wildman–Crippen LogP) is 3.03. The Hall–Kier alpha value is -3.21. The third-order valence-electron chi connectivity index (χ3n) is 6.08. The van der Waals surface area contributed by atoms with E-state index in [1.807, 2.05) is 6.07 Å². The lowest BCUT2D eigenvalue weighted by atomic mass is 9.98. The molecule has 2 heterocycles. The topological polar surface area (TPSA) is 103 Å². The van der Waals surface area contributed by atoms with Crippen LogP contribution in [-0.4, -0.2) is 29.0 Å². The van der Waals surface area contributed by atoms with Gasteiger partial charge in [-0.3, -0.25) is 9.59 Å². The number of anilines is 1. The SMILES string of the molecule is C#CCCC1(CCC(=O)NCc2cccc(N3C(=O)NC4(CCCC4)C3=O)c2)N=N1. The van der Waals surface area contributed by atoms with Gasteiger partial charge in [-0.2, -0.15) is 10.2 Å². The first-order valence-corrected chi connectivity index (χ1v) is 10.4. The first-order chi connectivity index (χ1) is 14.5. The second-order valence-corrected chi connectivity index (χ2v) is 8.19. The van der Waals surface area contributed by atoms with Crippen molar-refractivity contribution in [2.45, 2.75) is 69.1 Å². The summed E-state index contributed by atoms with van der Waals surface area (Å²) in [7, 11) is 0. The molecule has 1 aromatic carbocycles. The summed E-state index contributed by atoms with van der Waals surface area (Å²) in [4.78, 5) is 38.8. The van der Waals surface area contributed by atoms with E-state index < -0.39 is 11.2 Å². The summed E-state index contributed by atoms with van der Waals surface area (Å²) in [6.07, 6.45) is 10.7. The molecule has 1 aliphatic carbocycles. The Morgan fingerprint density at radius 1 is 1.23 bits per heavy atom. The summed E-state index contributed by atoms with van der Waals surface area (Å²) >= 11 is 0. The predicted molar refractivity (Wildman–Crippen MR) is 110 cm³/mol. The summed E-state index contributed by atoms with van der Waals surface area (Å²) < 4.78 is 0. The molecule has 0 aromatic heterocycles. The number of nitrogens with one attached hydrogen (secondary N) is 2. The van der Waals surface area contributed by atoms with E-state index in [1.54, 1.807) is 18.2 Å². The molecule has 1 saturated heterocycles. The lowest BCUT2D eigenvalue weighted by molar-refractivity contribution is -0.122. The Labute approximate surface area is 175 Å². The van der Waals surface area contributed by atoms with E-state index in [2.05, 4.69) is 26.8 Å². The van der Waals surface area contributed by atoms with E-state index in [1.165, 1.54) is 4.90 Å². The zero-order valence-corrected chi connectivity index (χ0v) is 16.8. The summed E-state index contributed by atoms with van der Waals surface area (Å²) in [5.74, 6) is 2.29. The van der Waals surface area contributed by atoms with Gasteiger partial charge in [0, 0.05) is 32.2 Å². The summed E-state index contributed by atoms with van der Waals surface area (Å²) in [6.45, 7) is 0.313. The molecule has 4 amide bonds. The Balaban J connectivity index is 1.33. The van der Waals surface area contributed by atoms with Gasteiger partial charge in [-0.05, 0) is 30.5 Å². The van der Waals surface area contributed by atoms with Crippen LogP contribution in [0.1, 0.15) is 56.9 Å². The van der Waals surface area contributed by atoms with Gasteiger partial charge in [0.25, 0.3) is 5.91 Å². The van der Waals surface area contributed by atoms with Crippen molar-refractivity contribution < 1.29 is 14.4 Å². The van der Waals surface area contributed by atoms with Gasteiger partial charge in [0.05, 0.1) is 5.69 Å². The van der Waals surface area contributed by atoms with Crippen LogP contribution in [0, 0.1) is 12.3 Å². The van der Waals surface area contributed by atoms with Crippen molar-refractivity contribution in [1.29, 1.82) is 0 Å². The van der Waals surface area contributed by atoms with Crippen LogP contribution in [0.4, 0.5) is 10.5 Å². The molecule has 0 bridgehead atoms. The average Bonchev–Trinajstić information content (AvgIpc) is 3.28. The van der Waals surface area contributed by atoms with Crippen molar-refractivity contribution in [3.63, 3.8) is 0 Å². The summed E-state index contributed by atoms with van der Waals surface area (Å²) in [5.41, 5.74) is 0.132. The van der Waals surface area contributed by atoms with E-state index >= 15 is 0 Å². The molecule has 4 rings (SSSR count). The van der Waals surface area contributed by atoms with Crippen LogP contribution in [0.15, 0.2) is 34.5 Å². The molecule has 30 heavy (non-hydrogen) atoms. The van der Waals surface area contributed by atoms with Crippen LogP contribution in [0.2, 0.25) is 0 Å². The molecule has 0 unspecified atom stereocenters. The maximum atomic E-state index is 12.9. The number of benzene rings is 1. The fraction of sp³-hybridized carbons (Fsp3) is 0.500. The van der Waals surface area contributed by atoms with Crippen LogP contribution in [0.5, 0.6) is 0 Å². The van der Waals surface area contributed by atoms with Gasteiger partial charge in [0.15, 0.2) is 5.66 Å². The van der Waals surface area contributed by atoms with Crippen molar-refractivity contribution in [3.05, 3.63) is 29.8 Å². The number of urea groups is 1. The van der Waals surface area contributed by atoms with Gasteiger partial charge >= 0.3 is 6.03 Å². The quantitative estimate of drug-likeness (QED) is 0.511. The van der Waals surface area contributed by atoms with Gasteiger partial charge in [-0.1, -0.05) is 25.0 Å². The van der Waals surface area contributed by atoms with E-state index in [0.29, 0.717) is 50.8 Å². The normalized spacial score (nSPS) is 20.3. The smallest absolute Gasteiger partial charge is 0.329 e. The molecule has 0 atom stereocenters. The highest BCUT2D eigenvalue weighted by Crippen LogP contribution is 2.38. The Morgan fingerprint density at radius 2 is 2.00 bits per heavy atom. The van der Waals surface area contributed by atoms with Crippen molar-refractivity contribution in [1.82, 2.24) is 10.6 Å². The second kappa shape index (κ2) is 7.90. The molecule has 1 spiro atoms. The zero-order chi connectivity index (χ0) is 21.2. The maximum Gasteiger partial charge on any atom is 0.329 e. The standard InChI is InChI=1S/C22H25N5O3/c1-2-3-12-22(25-26-22)13-9-18(28)23-15-16-7-6-8-17(14-16)27-19(29)21(24-20(27)30)10-4-5-11-21/h1,6-8,14H,3-5,9-13,15H2,(H,23,28)(H,24,30). The van der Waals surface area contributed by atoms with Crippen molar-refractivity contribution in [3.8, 4) is 12.3 Å². The number of rotatable bonds is 8. The van der Waals surface area contributed by atoms with Crippen LogP contribution >= 0.6 is 0 Å². The van der Waals surface area contributed by atoms with Crippen molar-refractivity contribution in [2.75, 3.05) is 4.90 Å². The monoisotopic (exact) mass is 407 g/mol. The Morgan fingerprint density at radius 3 is 2.70 bits per heavy atom. The van der Waals surface area contributed by atoms with Gasteiger partial charge in [-0.15, -0.1) is 12.3 Å². The second-order valence-electron chi connectivity index (χ2n) is 8.19.